The van der Waals surface area contributed by atoms with E-state index < -0.39 is 0 Å². The summed E-state index contributed by atoms with van der Waals surface area (Å²) < 4.78 is 15.1. The molecule has 136 valence electrons. The summed E-state index contributed by atoms with van der Waals surface area (Å²) in [5, 5.41) is 4.43. The third kappa shape index (κ3) is 2.98. The van der Waals surface area contributed by atoms with Gasteiger partial charge in [0.05, 0.1) is 24.7 Å². The van der Waals surface area contributed by atoms with E-state index in [1.807, 2.05) is 16.8 Å². The van der Waals surface area contributed by atoms with Crippen LogP contribution in [0.15, 0.2) is 55.0 Å². The van der Waals surface area contributed by atoms with Gasteiger partial charge in [-0.15, -0.1) is 0 Å². The largest absolute Gasteiger partial charge is 0.339 e. The lowest BCUT2D eigenvalue weighted by atomic mass is 9.94. The summed E-state index contributed by atoms with van der Waals surface area (Å²) in [4.78, 5) is 12.3. The molecule has 4 heterocycles. The van der Waals surface area contributed by atoms with Crippen LogP contribution in [0.3, 0.4) is 0 Å². The van der Waals surface area contributed by atoms with Crippen molar-refractivity contribution >= 4 is 11.2 Å². The molecule has 2 atom stereocenters. The van der Waals surface area contributed by atoms with Gasteiger partial charge in [-0.25, -0.2) is 19.5 Å². The van der Waals surface area contributed by atoms with Gasteiger partial charge in [-0.2, -0.15) is 5.10 Å². The fraction of sp³-hybridized carbons (Fsp3) is 0.211. The average Bonchev–Trinajstić information content (AvgIpc) is 3.40. The summed E-state index contributed by atoms with van der Waals surface area (Å²) in [7, 11) is 0. The van der Waals surface area contributed by atoms with Crippen molar-refractivity contribution in [3.8, 4) is 0 Å². The molecule has 0 radical (unpaired) electrons. The van der Waals surface area contributed by atoms with E-state index in [2.05, 4.69) is 25.9 Å². The number of hydrogen-bond donors (Lipinski definition) is 3. The van der Waals surface area contributed by atoms with Crippen molar-refractivity contribution in [2.45, 2.75) is 18.5 Å². The molecule has 0 aliphatic carbocycles. The van der Waals surface area contributed by atoms with Crippen LogP contribution in [-0.2, 0) is 6.54 Å². The molecule has 1 saturated heterocycles. The Bertz CT molecular complexity index is 1050. The summed E-state index contributed by atoms with van der Waals surface area (Å²) in [6.45, 7) is 1.37. The second-order valence-electron chi connectivity index (χ2n) is 6.68. The van der Waals surface area contributed by atoms with Crippen molar-refractivity contribution in [2.24, 2.45) is 0 Å². The van der Waals surface area contributed by atoms with Crippen molar-refractivity contribution in [3.05, 3.63) is 77.8 Å². The van der Waals surface area contributed by atoms with Gasteiger partial charge >= 0.3 is 0 Å². The third-order valence-electron chi connectivity index (χ3n) is 4.94. The molecule has 1 fully saturated rings. The number of halogens is 1. The number of H-pyrrole nitrogens is 1. The Morgan fingerprint density at radius 3 is 2.74 bits per heavy atom. The van der Waals surface area contributed by atoms with Gasteiger partial charge in [0.25, 0.3) is 0 Å². The van der Waals surface area contributed by atoms with Crippen LogP contribution in [-0.4, -0.2) is 31.3 Å². The highest BCUT2D eigenvalue weighted by atomic mass is 19.1. The first-order valence-electron chi connectivity index (χ1n) is 8.82. The maximum absolute atomic E-state index is 13.2. The minimum Gasteiger partial charge on any atom is -0.339 e. The molecule has 2 unspecified atom stereocenters. The molecule has 1 aromatic carbocycles. The Kier molecular flexibility index (Phi) is 3.92. The highest BCUT2D eigenvalue weighted by Gasteiger charge is 2.32. The summed E-state index contributed by atoms with van der Waals surface area (Å²) in [5.74, 6) is 0.760. The van der Waals surface area contributed by atoms with Crippen LogP contribution in [0.2, 0.25) is 0 Å². The highest BCUT2D eigenvalue weighted by Crippen LogP contribution is 2.32. The Morgan fingerprint density at radius 2 is 1.93 bits per heavy atom. The van der Waals surface area contributed by atoms with Crippen molar-refractivity contribution in [1.29, 1.82) is 0 Å². The fourth-order valence-electron chi connectivity index (χ4n) is 3.56. The van der Waals surface area contributed by atoms with E-state index in [1.54, 1.807) is 30.7 Å². The molecule has 8 heteroatoms. The minimum absolute atomic E-state index is 0.0162. The lowest BCUT2D eigenvalue weighted by molar-refractivity contribution is 0.541. The highest BCUT2D eigenvalue weighted by molar-refractivity contribution is 5.70. The third-order valence-corrected chi connectivity index (χ3v) is 4.94. The van der Waals surface area contributed by atoms with Crippen molar-refractivity contribution in [3.63, 3.8) is 0 Å². The van der Waals surface area contributed by atoms with Gasteiger partial charge in [-0.05, 0) is 35.4 Å². The number of imidazole rings is 1. The molecule has 4 aromatic rings. The minimum atomic E-state index is -0.235. The quantitative estimate of drug-likeness (QED) is 0.518. The normalized spacial score (nSPS) is 19.7. The van der Waals surface area contributed by atoms with Crippen LogP contribution in [0.4, 0.5) is 4.39 Å². The van der Waals surface area contributed by atoms with E-state index in [1.165, 1.54) is 12.1 Å². The van der Waals surface area contributed by atoms with Crippen LogP contribution in [0, 0.1) is 5.82 Å². The zero-order valence-corrected chi connectivity index (χ0v) is 14.4. The number of pyridine rings is 1. The van der Waals surface area contributed by atoms with Crippen LogP contribution < -0.4 is 10.9 Å². The Hall–Kier alpha value is -3.10. The molecule has 0 bridgehead atoms. The molecule has 0 spiro atoms. The fourth-order valence-corrected chi connectivity index (χ4v) is 3.56. The lowest BCUT2D eigenvalue weighted by Crippen LogP contribution is -2.24. The number of nitrogens with zero attached hydrogens (tertiary/aromatic N) is 4. The van der Waals surface area contributed by atoms with Crippen molar-refractivity contribution in [1.82, 2.24) is 35.6 Å². The molecule has 1 aliphatic rings. The predicted molar refractivity (Wildman–Crippen MR) is 98.2 cm³/mol. The zero-order chi connectivity index (χ0) is 18.2. The van der Waals surface area contributed by atoms with Gasteiger partial charge in [0, 0.05) is 18.9 Å². The van der Waals surface area contributed by atoms with Gasteiger partial charge in [0.15, 0.2) is 5.65 Å². The van der Waals surface area contributed by atoms with E-state index in [-0.39, 0.29) is 17.8 Å². The average molecular weight is 363 g/mol. The molecule has 5 rings (SSSR count). The molecule has 27 heavy (non-hydrogen) atoms. The molecule has 1 aliphatic heterocycles. The molecular weight excluding hydrogens is 345 g/mol. The standard InChI is InChI=1S/C19H18FN7/c20-14-3-1-13(2-4-14)17-15(9-22-26-17)18-24-16-10-23-27(19(16)25-18)11-12-5-7-21-8-6-12/h1-8,10,15,17,22,26H,9,11H2,(H,24,25). The number of fused-ring (bicyclic) bond motifs is 1. The maximum atomic E-state index is 13.2. The lowest BCUT2D eigenvalue weighted by Gasteiger charge is -2.16. The SMILES string of the molecule is Fc1ccc(C2NNCC2c2nc3c(cnn3Cc3ccncc3)[nH]2)cc1. The van der Waals surface area contributed by atoms with E-state index in [0.717, 1.165) is 34.7 Å². The summed E-state index contributed by atoms with van der Waals surface area (Å²) in [6.07, 6.45) is 5.35. The summed E-state index contributed by atoms with van der Waals surface area (Å²) >= 11 is 0. The van der Waals surface area contributed by atoms with Gasteiger partial charge in [0.1, 0.15) is 17.2 Å². The number of aromatic amines is 1. The van der Waals surface area contributed by atoms with Gasteiger partial charge in [0.2, 0.25) is 0 Å². The first-order valence-corrected chi connectivity index (χ1v) is 8.82. The van der Waals surface area contributed by atoms with Crippen LogP contribution in [0.1, 0.15) is 28.9 Å². The second-order valence-corrected chi connectivity index (χ2v) is 6.68. The molecule has 3 aromatic heterocycles. The molecular formula is C19H18FN7. The number of aromatic nitrogens is 5. The van der Waals surface area contributed by atoms with Gasteiger partial charge in [-0.1, -0.05) is 12.1 Å². The summed E-state index contributed by atoms with van der Waals surface area (Å²) in [6, 6.07) is 10.5. The number of hydrazine groups is 1. The second kappa shape index (κ2) is 6.57. The number of benzene rings is 1. The molecule has 0 saturated carbocycles. The molecule has 0 amide bonds. The Balaban J connectivity index is 1.45. The Labute approximate surface area is 154 Å². The smallest absolute Gasteiger partial charge is 0.176 e. The number of hydrogen-bond acceptors (Lipinski definition) is 5. The summed E-state index contributed by atoms with van der Waals surface area (Å²) in [5.41, 5.74) is 10.3. The van der Waals surface area contributed by atoms with Crippen LogP contribution in [0.25, 0.3) is 11.2 Å². The van der Waals surface area contributed by atoms with E-state index in [9.17, 15) is 4.39 Å². The zero-order valence-electron chi connectivity index (χ0n) is 14.4. The van der Waals surface area contributed by atoms with Gasteiger partial charge < -0.3 is 4.98 Å². The molecule has 7 nitrogen and oxygen atoms in total. The van der Waals surface area contributed by atoms with E-state index in [4.69, 9.17) is 4.98 Å². The predicted octanol–water partition coefficient (Wildman–Crippen LogP) is 2.27. The monoisotopic (exact) mass is 363 g/mol. The number of rotatable bonds is 4. The number of nitrogens with one attached hydrogen (secondary N) is 3. The van der Waals surface area contributed by atoms with Crippen molar-refractivity contribution < 1.29 is 4.39 Å². The van der Waals surface area contributed by atoms with Gasteiger partial charge in [-0.3, -0.25) is 10.4 Å². The maximum Gasteiger partial charge on any atom is 0.176 e. The molecule has 3 N–H and O–H groups in total. The van der Waals surface area contributed by atoms with Crippen molar-refractivity contribution in [2.75, 3.05) is 6.54 Å². The topological polar surface area (TPSA) is 83.4 Å². The Morgan fingerprint density at radius 1 is 1.11 bits per heavy atom. The van der Waals surface area contributed by atoms with E-state index in [0.29, 0.717) is 6.54 Å². The van der Waals surface area contributed by atoms with Crippen LogP contribution in [0.5, 0.6) is 0 Å². The first kappa shape index (κ1) is 16.1. The van der Waals surface area contributed by atoms with Crippen LogP contribution >= 0.6 is 0 Å². The first-order chi connectivity index (χ1) is 13.3. The van der Waals surface area contributed by atoms with E-state index >= 15 is 0 Å².